The summed E-state index contributed by atoms with van der Waals surface area (Å²) in [5.41, 5.74) is 11.8. The van der Waals surface area contributed by atoms with Gasteiger partial charge in [0.25, 0.3) is 5.91 Å². The number of carbonyl (C=O) groups is 3. The number of amides is 4. The lowest BCUT2D eigenvalue weighted by molar-refractivity contribution is -0.142. The fraction of sp³-hybridized carbons (Fsp3) is 0.583. The number of piperazine rings is 1. The number of nitrogens with two attached hydrogens (primary N) is 1. The number of aryl methyl sites for hydroxylation is 2. The summed E-state index contributed by atoms with van der Waals surface area (Å²) in [6, 6.07) is 12.3. The maximum absolute atomic E-state index is 14.0. The molecule has 0 unspecified atom stereocenters. The molecule has 0 spiro atoms. The molecule has 0 aromatic heterocycles. The molecule has 3 fully saturated rings. The molecular formula is C36H53N7O4. The van der Waals surface area contributed by atoms with E-state index in [1.807, 2.05) is 54.0 Å². The molecule has 2 aromatic rings. The lowest BCUT2D eigenvalue weighted by Crippen LogP contribution is -2.54. The van der Waals surface area contributed by atoms with Gasteiger partial charge in [-0.15, -0.1) is 0 Å². The topological polar surface area (TPSA) is 123 Å². The number of piperidine rings is 2. The second kappa shape index (κ2) is 15.4. The fourth-order valence-corrected chi connectivity index (χ4v) is 7.57. The van der Waals surface area contributed by atoms with Crippen molar-refractivity contribution < 1.29 is 19.1 Å². The number of hydrogen-bond acceptors (Lipinski definition) is 7. The van der Waals surface area contributed by atoms with Crippen molar-refractivity contribution in [2.75, 3.05) is 70.0 Å². The lowest BCUT2D eigenvalue weighted by atomic mass is 9.98. The number of nitrogens with one attached hydrogen (secondary N) is 2. The maximum atomic E-state index is 14.0. The number of rotatable bonds is 6. The van der Waals surface area contributed by atoms with Gasteiger partial charge in [0, 0.05) is 88.8 Å². The second-order valence-electron chi connectivity index (χ2n) is 13.3. The summed E-state index contributed by atoms with van der Waals surface area (Å²) in [6.07, 6.45) is 2.88. The van der Waals surface area contributed by atoms with Gasteiger partial charge in [-0.05, 0) is 74.3 Å². The van der Waals surface area contributed by atoms with Crippen molar-refractivity contribution in [2.45, 2.75) is 78.0 Å². The van der Waals surface area contributed by atoms with Crippen LogP contribution in [0.1, 0.15) is 55.4 Å². The lowest BCUT2D eigenvalue weighted by Gasteiger charge is -2.41. The summed E-state index contributed by atoms with van der Waals surface area (Å²) < 4.78 is 6.08. The molecule has 4 heterocycles. The Morgan fingerprint density at radius 3 is 2.19 bits per heavy atom. The zero-order valence-electron chi connectivity index (χ0n) is 27.3. The molecule has 11 nitrogen and oxygen atoms in total. The van der Waals surface area contributed by atoms with Crippen molar-refractivity contribution in [3.63, 3.8) is 0 Å². The normalized spacial score (nSPS) is 20.5. The third-order valence-electron chi connectivity index (χ3n) is 10.3. The molecule has 6 rings (SSSR count). The molecular weight excluding hydrogens is 594 g/mol. The third kappa shape index (κ3) is 8.01. The molecule has 2 aromatic carbocycles. The first-order valence-corrected chi connectivity index (χ1v) is 17.0. The highest BCUT2D eigenvalue weighted by Gasteiger charge is 2.36. The van der Waals surface area contributed by atoms with E-state index in [1.165, 1.54) is 0 Å². The van der Waals surface area contributed by atoms with Crippen LogP contribution in [0.5, 0.6) is 0 Å². The Labute approximate surface area is 279 Å². The molecule has 0 radical (unpaired) electrons. The number of benzene rings is 2. The molecule has 0 saturated carbocycles. The Morgan fingerprint density at radius 1 is 0.894 bits per heavy atom. The number of likely N-dealkylation sites (tertiary alicyclic amines) is 2. The summed E-state index contributed by atoms with van der Waals surface area (Å²) in [5, 5.41) is 6.47. The predicted octanol–water partition coefficient (Wildman–Crippen LogP) is 4.02. The third-order valence-corrected chi connectivity index (χ3v) is 10.3. The first-order chi connectivity index (χ1) is 22.3. The van der Waals surface area contributed by atoms with E-state index in [0.717, 1.165) is 79.1 Å². The minimum atomic E-state index is -0.918. The van der Waals surface area contributed by atoms with Gasteiger partial charge in [-0.25, -0.2) is 9.59 Å². The van der Waals surface area contributed by atoms with Gasteiger partial charge in [0.15, 0.2) is 6.10 Å². The molecule has 4 aliphatic heterocycles. The first kappa shape index (κ1) is 34.5. The van der Waals surface area contributed by atoms with Crippen molar-refractivity contribution in [3.05, 3.63) is 58.7 Å². The molecule has 4 aliphatic rings. The molecule has 1 atom stereocenters. The van der Waals surface area contributed by atoms with Crippen molar-refractivity contribution >= 4 is 29.4 Å². The minimum absolute atomic E-state index is 0. The van der Waals surface area contributed by atoms with E-state index in [1.54, 1.807) is 4.90 Å². The van der Waals surface area contributed by atoms with Gasteiger partial charge < -0.3 is 35.8 Å². The Morgan fingerprint density at radius 2 is 1.51 bits per heavy atom. The van der Waals surface area contributed by atoms with E-state index in [9.17, 15) is 14.4 Å². The van der Waals surface area contributed by atoms with Crippen molar-refractivity contribution in [1.82, 2.24) is 24.9 Å². The number of fused-ring (bicyclic) bond motifs is 1. The molecule has 4 N–H and O–H groups in total. The number of hydrogen-bond donors (Lipinski definition) is 3. The Hall–Kier alpha value is -3.83. The summed E-state index contributed by atoms with van der Waals surface area (Å²) in [5.74, 6) is -0.130. The van der Waals surface area contributed by atoms with Crippen molar-refractivity contribution in [1.29, 1.82) is 0 Å². The summed E-state index contributed by atoms with van der Waals surface area (Å²) >= 11 is 0. The van der Waals surface area contributed by atoms with Gasteiger partial charge in [-0.3, -0.25) is 9.69 Å². The van der Waals surface area contributed by atoms with Gasteiger partial charge in [0.05, 0.1) is 0 Å². The molecule has 3 saturated heterocycles. The predicted molar refractivity (Wildman–Crippen MR) is 186 cm³/mol. The van der Waals surface area contributed by atoms with Gasteiger partial charge in [-0.2, -0.15) is 0 Å². The molecule has 11 heteroatoms. The zero-order chi connectivity index (χ0) is 32.2. The number of ether oxygens (including phenoxy) is 1. The largest absolute Gasteiger partial charge is 0.436 e. The monoisotopic (exact) mass is 647 g/mol. The fourth-order valence-electron chi connectivity index (χ4n) is 7.57. The SMILES string of the molecule is C.Cc1cc(C[C@@H](OC(=O)N2CCC(N3CCc4ccccc4NC3=O)CC2)C(=O)N2CCC(N3CCNCC3)CC2)cc(C)c1N. The number of carbonyl (C=O) groups excluding carboxylic acids is 3. The number of urea groups is 1. The maximum Gasteiger partial charge on any atom is 0.410 e. The number of anilines is 2. The quantitative estimate of drug-likeness (QED) is 0.405. The second-order valence-corrected chi connectivity index (χ2v) is 13.3. The molecule has 47 heavy (non-hydrogen) atoms. The van der Waals surface area contributed by atoms with Crippen molar-refractivity contribution in [3.8, 4) is 0 Å². The van der Waals surface area contributed by atoms with Crippen LogP contribution in [-0.4, -0.2) is 115 Å². The van der Waals surface area contributed by atoms with Gasteiger partial charge in [0.1, 0.15) is 0 Å². The van der Waals surface area contributed by atoms with E-state index >= 15 is 0 Å². The highest BCUT2D eigenvalue weighted by atomic mass is 16.6. The van der Waals surface area contributed by atoms with Crippen LogP contribution in [0.3, 0.4) is 0 Å². The van der Waals surface area contributed by atoms with Gasteiger partial charge >= 0.3 is 12.1 Å². The highest BCUT2D eigenvalue weighted by Crippen LogP contribution is 2.26. The van der Waals surface area contributed by atoms with E-state index < -0.39 is 12.2 Å². The van der Waals surface area contributed by atoms with Crippen LogP contribution in [0.25, 0.3) is 0 Å². The molecule has 0 bridgehead atoms. The Balaban J connectivity index is 0.00000433. The van der Waals surface area contributed by atoms with Crippen LogP contribution in [0, 0.1) is 13.8 Å². The smallest absolute Gasteiger partial charge is 0.410 e. The van der Waals surface area contributed by atoms with E-state index in [0.29, 0.717) is 58.0 Å². The number of nitrogens with zero attached hydrogens (tertiary/aromatic N) is 4. The highest BCUT2D eigenvalue weighted by molar-refractivity contribution is 5.91. The van der Waals surface area contributed by atoms with Gasteiger partial charge in [0.2, 0.25) is 0 Å². The molecule has 0 aliphatic carbocycles. The molecule has 4 amide bonds. The average Bonchev–Trinajstić information content (AvgIpc) is 3.25. The minimum Gasteiger partial charge on any atom is -0.436 e. The van der Waals surface area contributed by atoms with E-state index in [4.69, 9.17) is 10.5 Å². The Bertz CT molecular complexity index is 1390. The molecule has 256 valence electrons. The van der Waals surface area contributed by atoms with Crippen LogP contribution < -0.4 is 16.4 Å². The summed E-state index contributed by atoms with van der Waals surface area (Å²) in [7, 11) is 0. The summed E-state index contributed by atoms with van der Waals surface area (Å²) in [4.78, 5) is 48.7. The van der Waals surface area contributed by atoms with Gasteiger partial charge in [-0.1, -0.05) is 37.8 Å². The Kier molecular flexibility index (Phi) is 11.3. The number of nitrogen functional groups attached to an aromatic ring is 1. The standard InChI is InChI=1S/C35H49N7O4.CH4/c1-24-21-26(22-25(2)32(24)36)23-31(33(43)40-14-8-28(9-15-40)39-19-12-37-13-20-39)46-35(45)41-16-10-29(11-17-41)42-18-7-27-5-3-4-6-30(27)38-34(42)44;/h3-6,21-22,28-29,31,37H,7-20,23,36H2,1-2H3,(H,38,44);1H4/t31-;/m1./s1. The van der Waals surface area contributed by atoms with Crippen LogP contribution in [0.2, 0.25) is 0 Å². The average molecular weight is 648 g/mol. The van der Waals surface area contributed by atoms with Crippen LogP contribution in [-0.2, 0) is 22.4 Å². The van der Waals surface area contributed by atoms with Crippen LogP contribution in [0.15, 0.2) is 36.4 Å². The summed E-state index contributed by atoms with van der Waals surface area (Å²) in [6.45, 7) is 10.9. The number of para-hydroxylation sites is 1. The van der Waals surface area contributed by atoms with Crippen molar-refractivity contribution in [2.24, 2.45) is 0 Å². The van der Waals surface area contributed by atoms with Crippen LogP contribution >= 0.6 is 0 Å². The van der Waals surface area contributed by atoms with E-state index in [2.05, 4.69) is 21.6 Å². The first-order valence-electron chi connectivity index (χ1n) is 17.0. The zero-order valence-corrected chi connectivity index (χ0v) is 27.3. The van der Waals surface area contributed by atoms with E-state index in [-0.39, 0.29) is 25.4 Å². The van der Waals surface area contributed by atoms with Crippen LogP contribution in [0.4, 0.5) is 21.0 Å².